The van der Waals surface area contributed by atoms with E-state index in [9.17, 15) is 4.79 Å². The minimum Gasteiger partial charge on any atom is -0.497 e. The molecule has 0 aliphatic carbocycles. The number of hydrogen-bond donors (Lipinski definition) is 0. The molecule has 144 valence electrons. The molecule has 1 amide bonds. The van der Waals surface area contributed by atoms with Gasteiger partial charge >= 0.3 is 0 Å². The van der Waals surface area contributed by atoms with Crippen molar-refractivity contribution >= 4 is 11.6 Å². The van der Waals surface area contributed by atoms with Gasteiger partial charge in [0.05, 0.1) is 25.2 Å². The monoisotopic (exact) mass is 379 g/mol. The average molecular weight is 379 g/mol. The zero-order valence-electron chi connectivity index (χ0n) is 15.8. The fourth-order valence-corrected chi connectivity index (χ4v) is 3.33. The number of benzene rings is 2. The Morgan fingerprint density at radius 2 is 1.96 bits per heavy atom. The van der Waals surface area contributed by atoms with Crippen molar-refractivity contribution in [2.24, 2.45) is 0 Å². The number of aromatic nitrogens is 2. The van der Waals surface area contributed by atoms with E-state index in [0.717, 1.165) is 17.0 Å². The molecule has 7 nitrogen and oxygen atoms in total. The number of methoxy groups -OCH3 is 1. The normalized spacial score (nSPS) is 16.4. The molecule has 0 spiro atoms. The van der Waals surface area contributed by atoms with Gasteiger partial charge in [-0.15, -0.1) is 0 Å². The van der Waals surface area contributed by atoms with Crippen LogP contribution in [0.4, 0.5) is 5.69 Å². The molecule has 2 aromatic carbocycles. The van der Waals surface area contributed by atoms with Crippen molar-refractivity contribution in [3.8, 4) is 22.9 Å². The average Bonchev–Trinajstić information content (AvgIpc) is 3.36. The molecule has 4 rings (SSSR count). The fourth-order valence-electron chi connectivity index (χ4n) is 3.33. The molecule has 1 saturated heterocycles. The Morgan fingerprint density at radius 3 is 2.71 bits per heavy atom. The molecule has 0 saturated carbocycles. The highest BCUT2D eigenvalue weighted by molar-refractivity contribution is 5.96. The number of nitrogens with zero attached hydrogens (tertiary/aromatic N) is 3. The zero-order chi connectivity index (χ0) is 19.5. The molecule has 7 heteroatoms. The molecular formula is C21H21N3O4. The lowest BCUT2D eigenvalue weighted by atomic mass is 10.1. The van der Waals surface area contributed by atoms with Crippen LogP contribution in [0.15, 0.2) is 53.1 Å². The summed E-state index contributed by atoms with van der Waals surface area (Å²) in [4.78, 5) is 18.8. The van der Waals surface area contributed by atoms with Gasteiger partial charge in [0, 0.05) is 18.7 Å². The number of hydrogen-bond acceptors (Lipinski definition) is 6. The molecule has 1 aliphatic rings. The summed E-state index contributed by atoms with van der Waals surface area (Å²) in [6.45, 7) is 2.98. The summed E-state index contributed by atoms with van der Waals surface area (Å²) in [5, 5.41) is 4.11. The van der Waals surface area contributed by atoms with Crippen LogP contribution in [0.3, 0.4) is 0 Å². The van der Waals surface area contributed by atoms with Gasteiger partial charge < -0.3 is 18.9 Å². The second-order valence-electron chi connectivity index (χ2n) is 6.49. The Hall–Kier alpha value is -3.35. The van der Waals surface area contributed by atoms with Crippen LogP contribution in [-0.2, 0) is 4.79 Å². The highest BCUT2D eigenvalue weighted by atomic mass is 16.5. The van der Waals surface area contributed by atoms with Crippen LogP contribution in [0.1, 0.15) is 25.2 Å². The molecule has 0 bridgehead atoms. The summed E-state index contributed by atoms with van der Waals surface area (Å²) in [6, 6.07) is 15.0. The van der Waals surface area contributed by atoms with Crippen LogP contribution < -0.4 is 14.4 Å². The minimum atomic E-state index is -0.143. The summed E-state index contributed by atoms with van der Waals surface area (Å²) in [5.74, 6) is 2.28. The third-order valence-corrected chi connectivity index (χ3v) is 4.73. The van der Waals surface area contributed by atoms with Crippen molar-refractivity contribution in [2.75, 3.05) is 25.2 Å². The second kappa shape index (κ2) is 7.72. The first-order chi connectivity index (χ1) is 13.7. The number of carbonyl (C=O) groups is 1. The summed E-state index contributed by atoms with van der Waals surface area (Å²) in [6.07, 6.45) is 0.334. The van der Waals surface area contributed by atoms with Gasteiger partial charge in [0.2, 0.25) is 17.6 Å². The summed E-state index contributed by atoms with van der Waals surface area (Å²) < 4.78 is 16.3. The highest BCUT2D eigenvalue weighted by Gasteiger charge is 2.35. The number of rotatable bonds is 6. The lowest BCUT2D eigenvalue weighted by Gasteiger charge is -2.16. The number of para-hydroxylation sites is 1. The lowest BCUT2D eigenvalue weighted by molar-refractivity contribution is -0.117. The predicted molar refractivity (Wildman–Crippen MR) is 104 cm³/mol. The molecule has 1 atom stereocenters. The maximum Gasteiger partial charge on any atom is 0.232 e. The van der Waals surface area contributed by atoms with E-state index in [-0.39, 0.29) is 11.8 Å². The largest absolute Gasteiger partial charge is 0.497 e. The maximum absolute atomic E-state index is 12.5. The standard InChI is InChI=1S/C21H21N3O4/c1-3-27-18-7-5-4-6-17(18)20-22-21(28-23-20)14-12-19(25)24(13-14)15-8-10-16(26-2)11-9-15/h4-11,14H,3,12-13H2,1-2H3. The Labute approximate surface area is 162 Å². The Balaban J connectivity index is 1.54. The van der Waals surface area contributed by atoms with E-state index in [1.807, 2.05) is 55.5 Å². The Kier molecular flexibility index (Phi) is 4.97. The van der Waals surface area contributed by atoms with Crippen molar-refractivity contribution in [1.82, 2.24) is 10.1 Å². The van der Waals surface area contributed by atoms with Crippen molar-refractivity contribution in [3.63, 3.8) is 0 Å². The topological polar surface area (TPSA) is 77.7 Å². The van der Waals surface area contributed by atoms with E-state index in [0.29, 0.717) is 37.0 Å². The summed E-state index contributed by atoms with van der Waals surface area (Å²) in [7, 11) is 1.61. The number of ether oxygens (including phenoxy) is 2. The van der Waals surface area contributed by atoms with Gasteiger partial charge in [-0.25, -0.2) is 0 Å². The van der Waals surface area contributed by atoms with Crippen molar-refractivity contribution in [1.29, 1.82) is 0 Å². The third-order valence-electron chi connectivity index (χ3n) is 4.73. The summed E-state index contributed by atoms with van der Waals surface area (Å²) in [5.41, 5.74) is 1.60. The van der Waals surface area contributed by atoms with E-state index in [1.54, 1.807) is 12.0 Å². The zero-order valence-corrected chi connectivity index (χ0v) is 15.8. The highest BCUT2D eigenvalue weighted by Crippen LogP contribution is 2.34. The molecule has 1 fully saturated rings. The lowest BCUT2D eigenvalue weighted by Crippen LogP contribution is -2.24. The van der Waals surface area contributed by atoms with Crippen molar-refractivity contribution in [3.05, 3.63) is 54.4 Å². The molecule has 28 heavy (non-hydrogen) atoms. The number of anilines is 1. The molecule has 0 radical (unpaired) electrons. The van der Waals surface area contributed by atoms with Gasteiger partial charge in [0.25, 0.3) is 0 Å². The Morgan fingerprint density at radius 1 is 1.18 bits per heavy atom. The fraction of sp³-hybridized carbons (Fsp3) is 0.286. The van der Waals surface area contributed by atoms with E-state index in [2.05, 4.69) is 10.1 Å². The van der Waals surface area contributed by atoms with Gasteiger partial charge in [-0.2, -0.15) is 4.98 Å². The first kappa shape index (κ1) is 18.0. The second-order valence-corrected chi connectivity index (χ2v) is 6.49. The van der Waals surface area contributed by atoms with Crippen molar-refractivity contribution < 1.29 is 18.8 Å². The summed E-state index contributed by atoms with van der Waals surface area (Å²) >= 11 is 0. The van der Waals surface area contributed by atoms with Gasteiger partial charge in [-0.3, -0.25) is 4.79 Å². The number of carbonyl (C=O) groups excluding carboxylic acids is 1. The molecule has 1 aliphatic heterocycles. The molecule has 1 aromatic heterocycles. The first-order valence-electron chi connectivity index (χ1n) is 9.19. The van der Waals surface area contributed by atoms with E-state index in [1.165, 1.54) is 0 Å². The third kappa shape index (κ3) is 3.43. The van der Waals surface area contributed by atoms with Crippen LogP contribution >= 0.6 is 0 Å². The molecule has 0 N–H and O–H groups in total. The van der Waals surface area contributed by atoms with Crippen LogP contribution in [-0.4, -0.2) is 36.3 Å². The number of amides is 1. The van der Waals surface area contributed by atoms with Crippen LogP contribution in [0.25, 0.3) is 11.4 Å². The Bertz CT molecular complexity index is 968. The SMILES string of the molecule is CCOc1ccccc1-c1noc(C2CC(=O)N(c3ccc(OC)cc3)C2)n1. The van der Waals surface area contributed by atoms with E-state index in [4.69, 9.17) is 14.0 Å². The van der Waals surface area contributed by atoms with Gasteiger partial charge in [0.1, 0.15) is 11.5 Å². The van der Waals surface area contributed by atoms with Gasteiger partial charge in [0.15, 0.2) is 0 Å². The minimum absolute atomic E-state index is 0.0321. The molecule has 1 unspecified atom stereocenters. The van der Waals surface area contributed by atoms with Gasteiger partial charge in [-0.05, 0) is 43.3 Å². The van der Waals surface area contributed by atoms with E-state index >= 15 is 0 Å². The molecule has 2 heterocycles. The van der Waals surface area contributed by atoms with Gasteiger partial charge in [-0.1, -0.05) is 17.3 Å². The first-order valence-corrected chi connectivity index (χ1v) is 9.19. The quantitative estimate of drug-likeness (QED) is 0.650. The van der Waals surface area contributed by atoms with Crippen LogP contribution in [0, 0.1) is 0 Å². The predicted octanol–water partition coefficient (Wildman–Crippen LogP) is 3.66. The molecule has 3 aromatic rings. The van der Waals surface area contributed by atoms with Crippen LogP contribution in [0.2, 0.25) is 0 Å². The maximum atomic E-state index is 12.5. The van der Waals surface area contributed by atoms with E-state index < -0.39 is 0 Å². The molecular weight excluding hydrogens is 358 g/mol. The smallest absolute Gasteiger partial charge is 0.232 e. The van der Waals surface area contributed by atoms with Crippen molar-refractivity contribution in [2.45, 2.75) is 19.3 Å². The van der Waals surface area contributed by atoms with Crippen LogP contribution in [0.5, 0.6) is 11.5 Å².